The Morgan fingerprint density at radius 2 is 2.17 bits per heavy atom. The van der Waals surface area contributed by atoms with Crippen LogP contribution in [0.1, 0.15) is 32.8 Å². The lowest BCUT2D eigenvalue weighted by molar-refractivity contribution is 0.640. The van der Waals surface area contributed by atoms with Crippen LogP contribution in [0, 0.1) is 5.92 Å². The summed E-state index contributed by atoms with van der Waals surface area (Å²) in [7, 11) is 0. The van der Waals surface area contributed by atoms with Gasteiger partial charge >= 0.3 is 0 Å². The molecule has 0 unspecified atom stereocenters. The monoisotopic (exact) mass is 165 g/mol. The second kappa shape index (κ2) is 4.34. The summed E-state index contributed by atoms with van der Waals surface area (Å²) in [5, 5.41) is 0. The zero-order valence-corrected chi connectivity index (χ0v) is 8.38. The molecular weight excluding hydrogens is 146 g/mol. The molecule has 0 aliphatic carbocycles. The molecule has 1 nitrogen and oxygen atoms in total. The van der Waals surface area contributed by atoms with E-state index in [1.807, 2.05) is 0 Å². The van der Waals surface area contributed by atoms with Gasteiger partial charge in [0.25, 0.3) is 0 Å². The third kappa shape index (κ3) is 2.72. The summed E-state index contributed by atoms with van der Waals surface area (Å²) in [5.41, 5.74) is 1.47. The number of aryl methyl sites for hydroxylation is 1. The van der Waals surface area contributed by atoms with Gasteiger partial charge in [-0.3, -0.25) is 0 Å². The van der Waals surface area contributed by atoms with Gasteiger partial charge in [-0.25, -0.2) is 0 Å². The summed E-state index contributed by atoms with van der Waals surface area (Å²) in [6, 6.07) is 2.23. The van der Waals surface area contributed by atoms with E-state index < -0.39 is 0 Å². The summed E-state index contributed by atoms with van der Waals surface area (Å²) >= 11 is 0. The smallest absolute Gasteiger partial charge is 0.0217 e. The fourth-order valence-electron chi connectivity index (χ4n) is 1.48. The Morgan fingerprint density at radius 3 is 2.75 bits per heavy atom. The zero-order chi connectivity index (χ0) is 8.97. The van der Waals surface area contributed by atoms with Gasteiger partial charge in [0.1, 0.15) is 0 Å². The molecule has 0 saturated heterocycles. The molecule has 0 spiro atoms. The van der Waals surface area contributed by atoms with Crippen LogP contribution in [0.2, 0.25) is 0 Å². The molecule has 0 bridgehead atoms. The molecule has 0 aliphatic rings. The van der Waals surface area contributed by atoms with Crippen molar-refractivity contribution in [2.45, 2.75) is 40.2 Å². The van der Waals surface area contributed by atoms with Crippen LogP contribution in [0.25, 0.3) is 0 Å². The Kier molecular flexibility index (Phi) is 3.39. The number of rotatable bonds is 4. The van der Waals surface area contributed by atoms with E-state index in [0.717, 1.165) is 12.5 Å². The molecule has 12 heavy (non-hydrogen) atoms. The van der Waals surface area contributed by atoms with E-state index in [2.05, 4.69) is 43.8 Å². The highest BCUT2D eigenvalue weighted by Gasteiger charge is 1.98. The predicted octanol–water partition coefficient (Wildman–Crippen LogP) is 3.10. The van der Waals surface area contributed by atoms with Gasteiger partial charge in [-0.1, -0.05) is 20.8 Å². The third-order valence-corrected chi connectivity index (χ3v) is 1.94. The maximum absolute atomic E-state index is 2.28. The van der Waals surface area contributed by atoms with Gasteiger partial charge in [0, 0.05) is 18.9 Å². The number of nitrogens with zero attached hydrogens (tertiary/aromatic N) is 1. The summed E-state index contributed by atoms with van der Waals surface area (Å²) < 4.78 is 2.28. The van der Waals surface area contributed by atoms with E-state index in [1.54, 1.807) is 0 Å². The Morgan fingerprint density at radius 1 is 1.42 bits per heavy atom. The fraction of sp³-hybridized carbons (Fsp3) is 0.636. The second-order valence-corrected chi connectivity index (χ2v) is 3.86. The van der Waals surface area contributed by atoms with Crippen molar-refractivity contribution in [2.75, 3.05) is 0 Å². The first-order valence-electron chi connectivity index (χ1n) is 4.87. The zero-order valence-electron chi connectivity index (χ0n) is 8.38. The van der Waals surface area contributed by atoms with Gasteiger partial charge in [-0.05, 0) is 30.4 Å². The SMILES string of the molecule is CCCn1ccc(CC(C)C)c1. The van der Waals surface area contributed by atoms with E-state index in [-0.39, 0.29) is 0 Å². The number of hydrogen-bond donors (Lipinski definition) is 0. The van der Waals surface area contributed by atoms with Crippen LogP contribution in [-0.4, -0.2) is 4.57 Å². The Balaban J connectivity index is 2.52. The number of hydrogen-bond acceptors (Lipinski definition) is 0. The van der Waals surface area contributed by atoms with Crippen LogP contribution in [0.4, 0.5) is 0 Å². The first-order chi connectivity index (χ1) is 5.72. The normalized spacial score (nSPS) is 11.0. The lowest BCUT2D eigenvalue weighted by atomic mass is 10.1. The van der Waals surface area contributed by atoms with Crippen molar-refractivity contribution < 1.29 is 0 Å². The highest BCUT2D eigenvalue weighted by Crippen LogP contribution is 2.08. The van der Waals surface area contributed by atoms with Gasteiger partial charge < -0.3 is 4.57 Å². The highest BCUT2D eigenvalue weighted by atomic mass is 14.9. The van der Waals surface area contributed by atoms with Crippen LogP contribution < -0.4 is 0 Å². The van der Waals surface area contributed by atoms with Crippen LogP contribution in [-0.2, 0) is 13.0 Å². The van der Waals surface area contributed by atoms with Crippen molar-refractivity contribution in [2.24, 2.45) is 5.92 Å². The maximum Gasteiger partial charge on any atom is 0.0217 e. The minimum absolute atomic E-state index is 0.766. The van der Waals surface area contributed by atoms with Crippen molar-refractivity contribution >= 4 is 0 Å². The van der Waals surface area contributed by atoms with Gasteiger partial charge in [-0.2, -0.15) is 0 Å². The van der Waals surface area contributed by atoms with Crippen molar-refractivity contribution in [3.63, 3.8) is 0 Å². The maximum atomic E-state index is 2.28. The van der Waals surface area contributed by atoms with E-state index in [0.29, 0.717) is 0 Å². The van der Waals surface area contributed by atoms with Gasteiger partial charge in [0.15, 0.2) is 0 Å². The minimum atomic E-state index is 0.766. The molecule has 0 N–H and O–H groups in total. The summed E-state index contributed by atoms with van der Waals surface area (Å²) in [4.78, 5) is 0. The van der Waals surface area contributed by atoms with Crippen molar-refractivity contribution in [3.05, 3.63) is 24.0 Å². The first kappa shape index (κ1) is 9.37. The molecular formula is C11H19N. The molecule has 0 saturated carbocycles. The second-order valence-electron chi connectivity index (χ2n) is 3.86. The van der Waals surface area contributed by atoms with Crippen LogP contribution in [0.15, 0.2) is 18.5 Å². The minimum Gasteiger partial charge on any atom is -0.354 e. The van der Waals surface area contributed by atoms with E-state index in [4.69, 9.17) is 0 Å². The fourth-order valence-corrected chi connectivity index (χ4v) is 1.48. The number of aromatic nitrogens is 1. The van der Waals surface area contributed by atoms with Crippen LogP contribution in [0.3, 0.4) is 0 Å². The van der Waals surface area contributed by atoms with Gasteiger partial charge in [-0.15, -0.1) is 0 Å². The van der Waals surface area contributed by atoms with Crippen molar-refractivity contribution in [1.29, 1.82) is 0 Å². The highest BCUT2D eigenvalue weighted by molar-refractivity contribution is 5.10. The molecule has 0 atom stereocenters. The Hall–Kier alpha value is -0.720. The quantitative estimate of drug-likeness (QED) is 0.646. The lowest BCUT2D eigenvalue weighted by Gasteiger charge is -2.01. The molecule has 68 valence electrons. The van der Waals surface area contributed by atoms with E-state index >= 15 is 0 Å². The molecule has 1 aromatic rings. The predicted molar refractivity (Wildman–Crippen MR) is 53.3 cm³/mol. The summed E-state index contributed by atoms with van der Waals surface area (Å²) in [6.07, 6.45) is 6.87. The standard InChI is InChI=1S/C11H19N/c1-4-6-12-7-5-11(9-12)8-10(2)3/h5,7,9-10H,4,6,8H2,1-3H3. The Bertz CT molecular complexity index is 223. The first-order valence-corrected chi connectivity index (χ1v) is 4.87. The molecule has 0 aliphatic heterocycles. The molecule has 0 radical (unpaired) electrons. The third-order valence-electron chi connectivity index (χ3n) is 1.94. The molecule has 1 heteroatoms. The molecule has 0 fully saturated rings. The van der Waals surface area contributed by atoms with Gasteiger partial charge in [0.05, 0.1) is 0 Å². The van der Waals surface area contributed by atoms with Gasteiger partial charge in [0.2, 0.25) is 0 Å². The molecule has 1 rings (SSSR count). The average molecular weight is 165 g/mol. The summed E-state index contributed by atoms with van der Waals surface area (Å²) in [5.74, 6) is 0.766. The molecule has 0 aromatic carbocycles. The average Bonchev–Trinajstić information content (AvgIpc) is 2.36. The van der Waals surface area contributed by atoms with Crippen LogP contribution in [0.5, 0.6) is 0 Å². The summed E-state index contributed by atoms with van der Waals surface area (Å²) in [6.45, 7) is 7.88. The van der Waals surface area contributed by atoms with Crippen molar-refractivity contribution in [3.8, 4) is 0 Å². The van der Waals surface area contributed by atoms with E-state index in [9.17, 15) is 0 Å². The molecule has 1 heterocycles. The topological polar surface area (TPSA) is 4.93 Å². The van der Waals surface area contributed by atoms with Crippen molar-refractivity contribution in [1.82, 2.24) is 4.57 Å². The molecule has 1 aromatic heterocycles. The lowest BCUT2D eigenvalue weighted by Crippen LogP contribution is -1.94. The van der Waals surface area contributed by atoms with Crippen LogP contribution >= 0.6 is 0 Å². The van der Waals surface area contributed by atoms with E-state index in [1.165, 1.54) is 18.4 Å². The molecule has 0 amide bonds. The Labute approximate surface area is 75.4 Å². The largest absolute Gasteiger partial charge is 0.354 e.